The maximum absolute atomic E-state index is 12.6. The predicted octanol–water partition coefficient (Wildman–Crippen LogP) is 4.89. The second kappa shape index (κ2) is 11.5. The summed E-state index contributed by atoms with van der Waals surface area (Å²) in [4.78, 5) is 12.6. The molecule has 9 heteroatoms. The Morgan fingerprint density at radius 3 is 2.14 bits per heavy atom. The van der Waals surface area contributed by atoms with Crippen LogP contribution in [0.2, 0.25) is 0 Å². The fourth-order valence-electron chi connectivity index (χ4n) is 3.42. The van der Waals surface area contributed by atoms with Gasteiger partial charge in [0.15, 0.2) is 11.0 Å². The van der Waals surface area contributed by atoms with Gasteiger partial charge in [0.2, 0.25) is 0 Å². The lowest BCUT2D eigenvalue weighted by molar-refractivity contribution is -0.118. The van der Waals surface area contributed by atoms with E-state index in [1.165, 1.54) is 11.8 Å². The molecule has 0 radical (unpaired) electrons. The zero-order valence-corrected chi connectivity index (χ0v) is 21.4. The molecule has 0 saturated heterocycles. The molecule has 36 heavy (non-hydrogen) atoms. The lowest BCUT2D eigenvalue weighted by Crippen LogP contribution is -2.21. The molecule has 0 atom stereocenters. The summed E-state index contributed by atoms with van der Waals surface area (Å²) in [5.41, 5.74) is 7.16. The first-order valence-corrected chi connectivity index (χ1v) is 12.2. The summed E-state index contributed by atoms with van der Waals surface area (Å²) in [5.74, 6) is 2.09. The highest BCUT2D eigenvalue weighted by atomic mass is 32.2. The van der Waals surface area contributed by atoms with Crippen LogP contribution in [0.3, 0.4) is 0 Å². The van der Waals surface area contributed by atoms with Crippen molar-refractivity contribution in [2.45, 2.75) is 19.0 Å². The molecule has 0 fully saturated rings. The summed E-state index contributed by atoms with van der Waals surface area (Å²) in [7, 11) is 3.25. The SMILES string of the molecule is COc1ccc(/C(C)=N\NC(=O)CSc2nnc(-c3ccc(OC)cc3)n2-c2ccc(C)cc2)cc1. The molecule has 0 spiro atoms. The number of hydrazone groups is 1. The zero-order valence-electron chi connectivity index (χ0n) is 20.6. The standard InChI is InChI=1S/C27H27N5O3S/c1-18-5-11-22(12-6-18)32-26(21-9-15-24(35-4)16-10-21)30-31-27(32)36-17-25(33)29-28-19(2)20-7-13-23(34-3)14-8-20/h5-16H,17H2,1-4H3,(H,29,33)/b28-19-. The number of hydrogen-bond acceptors (Lipinski definition) is 7. The minimum absolute atomic E-state index is 0.131. The lowest BCUT2D eigenvalue weighted by Gasteiger charge is -2.11. The summed E-state index contributed by atoms with van der Waals surface area (Å²) in [6.07, 6.45) is 0. The molecule has 0 saturated carbocycles. The lowest BCUT2D eigenvalue weighted by atomic mass is 10.1. The fourth-order valence-corrected chi connectivity index (χ4v) is 4.17. The van der Waals surface area contributed by atoms with Crippen molar-refractivity contribution in [3.8, 4) is 28.6 Å². The molecule has 0 bridgehead atoms. The summed E-state index contributed by atoms with van der Waals surface area (Å²) in [6.45, 7) is 3.87. The Hall–Kier alpha value is -4.11. The van der Waals surface area contributed by atoms with Gasteiger partial charge in [0, 0.05) is 11.3 Å². The van der Waals surface area contributed by atoms with E-state index in [1.807, 2.05) is 91.2 Å². The third kappa shape index (κ3) is 5.92. The van der Waals surface area contributed by atoms with Crippen LogP contribution < -0.4 is 14.9 Å². The number of nitrogens with zero attached hydrogens (tertiary/aromatic N) is 4. The Morgan fingerprint density at radius 2 is 1.53 bits per heavy atom. The molecule has 184 valence electrons. The van der Waals surface area contributed by atoms with Gasteiger partial charge in [-0.15, -0.1) is 10.2 Å². The van der Waals surface area contributed by atoms with Gasteiger partial charge in [-0.3, -0.25) is 9.36 Å². The van der Waals surface area contributed by atoms with E-state index in [2.05, 4.69) is 20.7 Å². The van der Waals surface area contributed by atoms with Crippen LogP contribution >= 0.6 is 11.8 Å². The number of rotatable bonds is 9. The van der Waals surface area contributed by atoms with E-state index in [0.717, 1.165) is 33.9 Å². The molecule has 0 aliphatic rings. The molecule has 1 aromatic heterocycles. The van der Waals surface area contributed by atoms with Crippen molar-refractivity contribution in [2.75, 3.05) is 20.0 Å². The van der Waals surface area contributed by atoms with Crippen LogP contribution in [0.25, 0.3) is 17.1 Å². The van der Waals surface area contributed by atoms with E-state index in [4.69, 9.17) is 9.47 Å². The van der Waals surface area contributed by atoms with E-state index < -0.39 is 0 Å². The number of carbonyl (C=O) groups excluding carboxylic acids is 1. The molecule has 3 aromatic carbocycles. The van der Waals surface area contributed by atoms with Crippen LogP contribution in [0, 0.1) is 6.92 Å². The van der Waals surface area contributed by atoms with Crippen molar-refractivity contribution in [2.24, 2.45) is 5.10 Å². The van der Waals surface area contributed by atoms with E-state index >= 15 is 0 Å². The van der Waals surface area contributed by atoms with Gasteiger partial charge in [-0.25, -0.2) is 5.43 Å². The number of nitrogens with one attached hydrogen (secondary N) is 1. The molecular weight excluding hydrogens is 474 g/mol. The molecule has 1 amide bonds. The van der Waals surface area contributed by atoms with Crippen LogP contribution in [0.15, 0.2) is 83.1 Å². The first kappa shape index (κ1) is 25.0. The van der Waals surface area contributed by atoms with Crippen LogP contribution in [0.5, 0.6) is 11.5 Å². The number of aromatic nitrogens is 3. The highest BCUT2D eigenvalue weighted by Gasteiger charge is 2.17. The van der Waals surface area contributed by atoms with Gasteiger partial charge in [0.25, 0.3) is 5.91 Å². The van der Waals surface area contributed by atoms with Crippen LogP contribution in [0.1, 0.15) is 18.1 Å². The molecule has 0 unspecified atom stereocenters. The van der Waals surface area contributed by atoms with E-state index in [9.17, 15) is 4.79 Å². The van der Waals surface area contributed by atoms with Gasteiger partial charge in [-0.05, 0) is 80.1 Å². The van der Waals surface area contributed by atoms with Crippen molar-refractivity contribution in [3.05, 3.63) is 83.9 Å². The van der Waals surface area contributed by atoms with Crippen LogP contribution in [-0.4, -0.2) is 46.4 Å². The van der Waals surface area contributed by atoms with Crippen molar-refractivity contribution >= 4 is 23.4 Å². The van der Waals surface area contributed by atoms with E-state index in [0.29, 0.717) is 16.7 Å². The van der Waals surface area contributed by atoms with Crippen molar-refractivity contribution < 1.29 is 14.3 Å². The van der Waals surface area contributed by atoms with Crippen molar-refractivity contribution in [3.63, 3.8) is 0 Å². The molecule has 4 aromatic rings. The van der Waals surface area contributed by atoms with Crippen molar-refractivity contribution in [1.82, 2.24) is 20.2 Å². The Labute approximate surface area is 214 Å². The monoisotopic (exact) mass is 501 g/mol. The summed E-state index contributed by atoms with van der Waals surface area (Å²) in [6, 6.07) is 23.2. The van der Waals surface area contributed by atoms with Gasteiger partial charge in [-0.2, -0.15) is 5.10 Å². The molecule has 0 aliphatic heterocycles. The quantitative estimate of drug-likeness (QED) is 0.199. The van der Waals surface area contributed by atoms with E-state index in [-0.39, 0.29) is 11.7 Å². The first-order chi connectivity index (χ1) is 17.5. The predicted molar refractivity (Wildman–Crippen MR) is 142 cm³/mol. The number of thioether (sulfide) groups is 1. The molecule has 0 aliphatic carbocycles. The normalized spacial score (nSPS) is 11.3. The second-order valence-corrected chi connectivity index (χ2v) is 8.90. The third-order valence-electron chi connectivity index (χ3n) is 5.46. The Kier molecular flexibility index (Phi) is 8.02. The van der Waals surface area contributed by atoms with Crippen molar-refractivity contribution in [1.29, 1.82) is 0 Å². The average Bonchev–Trinajstić information content (AvgIpc) is 3.35. The number of ether oxygens (including phenoxy) is 2. The van der Waals surface area contributed by atoms with Gasteiger partial charge in [0.05, 0.1) is 25.7 Å². The summed E-state index contributed by atoms with van der Waals surface area (Å²) >= 11 is 1.30. The number of amides is 1. The van der Waals surface area contributed by atoms with E-state index in [1.54, 1.807) is 14.2 Å². The topological polar surface area (TPSA) is 90.6 Å². The fraction of sp³-hybridized carbons (Fsp3) is 0.185. The first-order valence-electron chi connectivity index (χ1n) is 11.3. The molecule has 1 N–H and O–H groups in total. The Morgan fingerprint density at radius 1 is 0.917 bits per heavy atom. The zero-order chi connectivity index (χ0) is 25.5. The third-order valence-corrected chi connectivity index (χ3v) is 6.39. The average molecular weight is 502 g/mol. The summed E-state index contributed by atoms with van der Waals surface area (Å²) in [5, 5.41) is 13.6. The molecule has 8 nitrogen and oxygen atoms in total. The number of aryl methyl sites for hydroxylation is 1. The maximum Gasteiger partial charge on any atom is 0.250 e. The Balaban J connectivity index is 1.51. The number of hydrogen-bond donors (Lipinski definition) is 1. The minimum atomic E-state index is -0.239. The molecule has 4 rings (SSSR count). The highest BCUT2D eigenvalue weighted by Crippen LogP contribution is 2.29. The highest BCUT2D eigenvalue weighted by molar-refractivity contribution is 7.99. The number of carbonyl (C=O) groups is 1. The van der Waals surface area contributed by atoms with Gasteiger partial charge in [-0.1, -0.05) is 29.5 Å². The largest absolute Gasteiger partial charge is 0.497 e. The Bertz CT molecular complexity index is 1350. The maximum atomic E-state index is 12.6. The second-order valence-electron chi connectivity index (χ2n) is 7.96. The summed E-state index contributed by atoms with van der Waals surface area (Å²) < 4.78 is 12.4. The minimum Gasteiger partial charge on any atom is -0.497 e. The van der Waals surface area contributed by atoms with Crippen LogP contribution in [0.4, 0.5) is 0 Å². The number of benzene rings is 3. The molecule has 1 heterocycles. The number of methoxy groups -OCH3 is 2. The van der Waals surface area contributed by atoms with Gasteiger partial charge < -0.3 is 9.47 Å². The van der Waals surface area contributed by atoms with Gasteiger partial charge in [0.1, 0.15) is 11.5 Å². The van der Waals surface area contributed by atoms with Crippen LogP contribution in [-0.2, 0) is 4.79 Å². The smallest absolute Gasteiger partial charge is 0.250 e. The molecular formula is C27H27N5O3S. The van der Waals surface area contributed by atoms with Gasteiger partial charge >= 0.3 is 0 Å².